The van der Waals surface area contributed by atoms with Gasteiger partial charge in [0.2, 0.25) is 0 Å². The second-order valence-corrected chi connectivity index (χ2v) is 5.73. The topological polar surface area (TPSA) is 12.5 Å². The maximum atomic E-state index is 13.8. The average molecular weight is 299 g/mol. The van der Waals surface area contributed by atoms with Crippen molar-refractivity contribution in [1.29, 1.82) is 0 Å². The number of hydrogen-bond donors (Lipinski definition) is 0. The molecule has 0 atom stereocenters. The van der Waals surface area contributed by atoms with Gasteiger partial charge >= 0.3 is 0 Å². The van der Waals surface area contributed by atoms with Crippen LogP contribution in [0.2, 0.25) is 0 Å². The highest BCUT2D eigenvalue weighted by atomic mass is 19.1. The zero-order valence-corrected chi connectivity index (χ0v) is 12.8. The smallest absolute Gasteiger partial charge is 0.131 e. The molecule has 2 aromatic rings. The van der Waals surface area contributed by atoms with Crippen molar-refractivity contribution in [3.05, 3.63) is 59.9 Å². The van der Waals surface area contributed by atoms with E-state index in [2.05, 4.69) is 17.0 Å². The Labute approximate surface area is 131 Å². The summed E-state index contributed by atoms with van der Waals surface area (Å²) in [4.78, 5) is 2.46. The molecule has 0 bridgehead atoms. The number of nitrogens with zero attached hydrogens (tertiary/aromatic N) is 1. The number of aryl methyl sites for hydroxylation is 1. The Bertz CT molecular complexity index is 591. The van der Waals surface area contributed by atoms with Gasteiger partial charge in [-0.15, -0.1) is 0 Å². The van der Waals surface area contributed by atoms with E-state index >= 15 is 0 Å². The summed E-state index contributed by atoms with van der Waals surface area (Å²) in [6, 6.07) is 15.2. The summed E-state index contributed by atoms with van der Waals surface area (Å²) in [6.07, 6.45) is 2.22. The van der Waals surface area contributed by atoms with Crippen LogP contribution in [0.15, 0.2) is 48.5 Å². The van der Waals surface area contributed by atoms with Gasteiger partial charge in [0.25, 0.3) is 0 Å². The third-order valence-corrected chi connectivity index (χ3v) is 4.18. The summed E-state index contributed by atoms with van der Waals surface area (Å²) < 4.78 is 19.1. The second kappa shape index (κ2) is 7.52. The van der Waals surface area contributed by atoms with E-state index in [9.17, 15) is 4.39 Å². The molecular formula is C19H22FNO. The Kier molecular flexibility index (Phi) is 5.20. The van der Waals surface area contributed by atoms with Gasteiger partial charge in [0.1, 0.15) is 5.82 Å². The lowest BCUT2D eigenvalue weighted by Crippen LogP contribution is -2.36. The SMILES string of the molecule is Fc1ccccc1-c1ccc(CCCN2CCOCC2)cc1. The minimum atomic E-state index is -0.164. The van der Waals surface area contributed by atoms with Gasteiger partial charge in [-0.2, -0.15) is 0 Å². The number of hydrogen-bond acceptors (Lipinski definition) is 2. The lowest BCUT2D eigenvalue weighted by Gasteiger charge is -2.26. The summed E-state index contributed by atoms with van der Waals surface area (Å²) in [6.45, 7) is 4.94. The van der Waals surface area contributed by atoms with Crippen LogP contribution >= 0.6 is 0 Å². The number of benzene rings is 2. The van der Waals surface area contributed by atoms with Gasteiger partial charge in [-0.1, -0.05) is 42.5 Å². The van der Waals surface area contributed by atoms with Crippen LogP contribution < -0.4 is 0 Å². The first-order chi connectivity index (χ1) is 10.8. The van der Waals surface area contributed by atoms with Crippen molar-refractivity contribution in [2.45, 2.75) is 12.8 Å². The van der Waals surface area contributed by atoms with E-state index in [1.807, 2.05) is 24.3 Å². The van der Waals surface area contributed by atoms with Crippen molar-refractivity contribution in [2.75, 3.05) is 32.8 Å². The second-order valence-electron chi connectivity index (χ2n) is 5.73. The highest BCUT2D eigenvalue weighted by molar-refractivity contribution is 5.64. The van der Waals surface area contributed by atoms with Crippen LogP contribution in [0.5, 0.6) is 0 Å². The molecule has 2 aromatic carbocycles. The predicted molar refractivity (Wildman–Crippen MR) is 87.4 cm³/mol. The van der Waals surface area contributed by atoms with E-state index in [1.165, 1.54) is 11.6 Å². The molecule has 1 fully saturated rings. The molecule has 2 nitrogen and oxygen atoms in total. The Hall–Kier alpha value is -1.71. The molecule has 0 radical (unpaired) electrons. The molecule has 1 heterocycles. The first kappa shape index (κ1) is 15.2. The molecule has 0 amide bonds. The summed E-state index contributed by atoms with van der Waals surface area (Å²) in [5.41, 5.74) is 2.92. The van der Waals surface area contributed by atoms with Crippen LogP contribution in [0.25, 0.3) is 11.1 Å². The van der Waals surface area contributed by atoms with Crippen LogP contribution in [-0.2, 0) is 11.2 Å². The summed E-state index contributed by atoms with van der Waals surface area (Å²) in [5.74, 6) is -0.164. The average Bonchev–Trinajstić information content (AvgIpc) is 2.57. The van der Waals surface area contributed by atoms with Gasteiger partial charge in [-0.05, 0) is 36.6 Å². The summed E-state index contributed by atoms with van der Waals surface area (Å²) >= 11 is 0. The van der Waals surface area contributed by atoms with E-state index < -0.39 is 0 Å². The van der Waals surface area contributed by atoms with Crippen molar-refractivity contribution in [3.63, 3.8) is 0 Å². The monoisotopic (exact) mass is 299 g/mol. The van der Waals surface area contributed by atoms with Gasteiger partial charge in [-0.3, -0.25) is 4.90 Å². The highest BCUT2D eigenvalue weighted by Crippen LogP contribution is 2.23. The number of morpholine rings is 1. The van der Waals surface area contributed by atoms with E-state index in [4.69, 9.17) is 4.74 Å². The molecule has 0 unspecified atom stereocenters. The number of ether oxygens (including phenoxy) is 1. The van der Waals surface area contributed by atoms with Gasteiger partial charge < -0.3 is 4.74 Å². The third kappa shape index (κ3) is 3.93. The Morgan fingerprint density at radius 1 is 0.955 bits per heavy atom. The molecule has 22 heavy (non-hydrogen) atoms. The van der Waals surface area contributed by atoms with Crippen molar-refractivity contribution < 1.29 is 9.13 Å². The van der Waals surface area contributed by atoms with E-state index in [0.29, 0.717) is 5.56 Å². The van der Waals surface area contributed by atoms with E-state index in [-0.39, 0.29) is 5.82 Å². The van der Waals surface area contributed by atoms with Crippen molar-refractivity contribution in [1.82, 2.24) is 4.90 Å². The standard InChI is InChI=1S/C19H22FNO/c20-19-6-2-1-5-18(19)17-9-7-16(8-10-17)4-3-11-21-12-14-22-15-13-21/h1-2,5-10H,3-4,11-15H2. The lowest BCUT2D eigenvalue weighted by molar-refractivity contribution is 0.0375. The van der Waals surface area contributed by atoms with Gasteiger partial charge in [0.05, 0.1) is 13.2 Å². The quantitative estimate of drug-likeness (QED) is 0.833. The summed E-state index contributed by atoms with van der Waals surface area (Å²) in [7, 11) is 0. The van der Waals surface area contributed by atoms with Crippen molar-refractivity contribution >= 4 is 0 Å². The minimum absolute atomic E-state index is 0.164. The highest BCUT2D eigenvalue weighted by Gasteiger charge is 2.09. The first-order valence-corrected chi connectivity index (χ1v) is 7.97. The molecule has 0 spiro atoms. The van der Waals surface area contributed by atoms with Crippen molar-refractivity contribution in [2.24, 2.45) is 0 Å². The maximum absolute atomic E-state index is 13.8. The van der Waals surface area contributed by atoms with Gasteiger partial charge in [0.15, 0.2) is 0 Å². The number of halogens is 1. The Morgan fingerprint density at radius 2 is 1.68 bits per heavy atom. The fourth-order valence-electron chi connectivity index (χ4n) is 2.88. The van der Waals surface area contributed by atoms with Crippen LogP contribution in [0.3, 0.4) is 0 Å². The normalized spacial score (nSPS) is 15.9. The molecule has 0 aliphatic carbocycles. The molecule has 3 rings (SSSR count). The molecule has 1 aliphatic heterocycles. The largest absolute Gasteiger partial charge is 0.379 e. The zero-order valence-electron chi connectivity index (χ0n) is 12.8. The van der Waals surface area contributed by atoms with Crippen LogP contribution in [-0.4, -0.2) is 37.7 Å². The fourth-order valence-corrected chi connectivity index (χ4v) is 2.88. The van der Waals surface area contributed by atoms with E-state index in [0.717, 1.165) is 51.3 Å². The molecule has 116 valence electrons. The minimum Gasteiger partial charge on any atom is -0.379 e. The molecule has 0 saturated carbocycles. The summed E-state index contributed by atoms with van der Waals surface area (Å²) in [5, 5.41) is 0. The number of rotatable bonds is 5. The molecule has 3 heteroatoms. The Morgan fingerprint density at radius 3 is 2.41 bits per heavy atom. The Balaban J connectivity index is 1.54. The van der Waals surface area contributed by atoms with Crippen molar-refractivity contribution in [3.8, 4) is 11.1 Å². The molecule has 1 saturated heterocycles. The first-order valence-electron chi connectivity index (χ1n) is 7.97. The van der Waals surface area contributed by atoms with Crippen LogP contribution in [0, 0.1) is 5.82 Å². The lowest BCUT2D eigenvalue weighted by atomic mass is 10.0. The molecule has 1 aliphatic rings. The fraction of sp³-hybridized carbons (Fsp3) is 0.368. The van der Waals surface area contributed by atoms with Gasteiger partial charge in [0, 0.05) is 18.7 Å². The molecule has 0 aromatic heterocycles. The van der Waals surface area contributed by atoms with Crippen LogP contribution in [0.4, 0.5) is 4.39 Å². The predicted octanol–water partition coefficient (Wildman–Crippen LogP) is 3.76. The van der Waals surface area contributed by atoms with E-state index in [1.54, 1.807) is 6.07 Å². The van der Waals surface area contributed by atoms with Crippen LogP contribution in [0.1, 0.15) is 12.0 Å². The molecular weight excluding hydrogens is 277 g/mol. The molecule has 0 N–H and O–H groups in total. The maximum Gasteiger partial charge on any atom is 0.131 e. The third-order valence-electron chi connectivity index (χ3n) is 4.18. The van der Waals surface area contributed by atoms with Gasteiger partial charge in [-0.25, -0.2) is 4.39 Å². The zero-order chi connectivity index (χ0) is 15.2.